The van der Waals surface area contributed by atoms with Crippen LogP contribution in [-0.4, -0.2) is 46.9 Å². The lowest BCUT2D eigenvalue weighted by Gasteiger charge is -2.19. The summed E-state index contributed by atoms with van der Waals surface area (Å²) in [5.74, 6) is 1.56. The maximum absolute atomic E-state index is 12.7. The van der Waals surface area contributed by atoms with Gasteiger partial charge in [-0.1, -0.05) is 13.0 Å². The van der Waals surface area contributed by atoms with Gasteiger partial charge in [-0.2, -0.15) is 0 Å². The Labute approximate surface area is 190 Å². The van der Waals surface area contributed by atoms with Gasteiger partial charge in [0.05, 0.1) is 25.2 Å². The molecule has 1 unspecified atom stereocenters. The highest BCUT2D eigenvalue weighted by Crippen LogP contribution is 2.28. The summed E-state index contributed by atoms with van der Waals surface area (Å²) < 4.78 is 41.5. The SMILES string of the molecule is CCOc1ccc(CNC(=O)C(CC)Oc2ccc(N(C)S(C)(=O)=O)cc2)cc1OCC. The van der Waals surface area contributed by atoms with Crippen molar-refractivity contribution in [3.05, 3.63) is 48.0 Å². The van der Waals surface area contributed by atoms with Gasteiger partial charge in [0, 0.05) is 13.6 Å². The molecule has 2 aromatic rings. The molecule has 0 bridgehead atoms. The maximum Gasteiger partial charge on any atom is 0.261 e. The van der Waals surface area contributed by atoms with Crippen LogP contribution < -0.4 is 23.8 Å². The minimum Gasteiger partial charge on any atom is -0.490 e. The average molecular weight is 465 g/mol. The number of sulfonamides is 1. The molecule has 0 aromatic heterocycles. The minimum absolute atomic E-state index is 0.239. The zero-order valence-electron chi connectivity index (χ0n) is 19.3. The Bertz CT molecular complexity index is 992. The third-order valence-corrected chi connectivity index (χ3v) is 5.92. The van der Waals surface area contributed by atoms with Crippen LogP contribution >= 0.6 is 0 Å². The first-order valence-electron chi connectivity index (χ1n) is 10.6. The molecule has 0 saturated carbocycles. The van der Waals surface area contributed by atoms with Crippen molar-refractivity contribution in [1.82, 2.24) is 5.32 Å². The first kappa shape index (κ1) is 25.3. The number of carbonyl (C=O) groups excluding carboxylic acids is 1. The van der Waals surface area contributed by atoms with E-state index in [-0.39, 0.29) is 5.91 Å². The van der Waals surface area contributed by atoms with E-state index in [2.05, 4.69) is 5.32 Å². The highest BCUT2D eigenvalue weighted by atomic mass is 32.2. The van der Waals surface area contributed by atoms with Crippen LogP contribution in [-0.2, 0) is 21.4 Å². The van der Waals surface area contributed by atoms with Gasteiger partial charge in [-0.15, -0.1) is 0 Å². The number of nitrogens with zero attached hydrogens (tertiary/aromatic N) is 1. The van der Waals surface area contributed by atoms with Crippen LogP contribution in [0.2, 0.25) is 0 Å². The summed E-state index contributed by atoms with van der Waals surface area (Å²) in [7, 11) is -1.87. The fraction of sp³-hybridized carbons (Fsp3) is 0.435. The van der Waals surface area contributed by atoms with E-state index in [1.165, 1.54) is 11.4 Å². The predicted molar refractivity (Wildman–Crippen MR) is 125 cm³/mol. The molecular formula is C23H32N2O6S. The molecule has 1 N–H and O–H groups in total. The van der Waals surface area contributed by atoms with Gasteiger partial charge < -0.3 is 19.5 Å². The van der Waals surface area contributed by atoms with Crippen molar-refractivity contribution in [2.24, 2.45) is 0 Å². The minimum atomic E-state index is -3.34. The maximum atomic E-state index is 12.7. The van der Waals surface area contributed by atoms with E-state index >= 15 is 0 Å². The van der Waals surface area contributed by atoms with Gasteiger partial charge in [0.1, 0.15) is 5.75 Å². The Kier molecular flexibility index (Phi) is 9.19. The largest absolute Gasteiger partial charge is 0.490 e. The number of ether oxygens (including phenoxy) is 3. The second-order valence-corrected chi connectivity index (χ2v) is 9.12. The second-order valence-electron chi connectivity index (χ2n) is 7.10. The van der Waals surface area contributed by atoms with Gasteiger partial charge in [-0.3, -0.25) is 9.10 Å². The van der Waals surface area contributed by atoms with E-state index in [0.29, 0.717) is 49.1 Å². The number of hydrogen-bond donors (Lipinski definition) is 1. The topological polar surface area (TPSA) is 94.2 Å². The van der Waals surface area contributed by atoms with E-state index in [4.69, 9.17) is 14.2 Å². The fourth-order valence-electron chi connectivity index (χ4n) is 2.92. The van der Waals surface area contributed by atoms with E-state index in [1.54, 1.807) is 24.3 Å². The molecule has 0 aliphatic rings. The summed E-state index contributed by atoms with van der Waals surface area (Å²) in [5, 5.41) is 2.89. The van der Waals surface area contributed by atoms with Gasteiger partial charge >= 0.3 is 0 Å². The molecule has 1 atom stereocenters. The van der Waals surface area contributed by atoms with Crippen LogP contribution in [0.4, 0.5) is 5.69 Å². The molecular weight excluding hydrogens is 432 g/mol. The fourth-order valence-corrected chi connectivity index (χ4v) is 3.43. The molecule has 0 fully saturated rings. The molecule has 1 amide bonds. The molecule has 2 rings (SSSR count). The highest BCUT2D eigenvalue weighted by Gasteiger charge is 2.19. The summed E-state index contributed by atoms with van der Waals surface area (Å²) in [5.41, 5.74) is 1.39. The van der Waals surface area contributed by atoms with E-state index < -0.39 is 16.1 Å². The van der Waals surface area contributed by atoms with E-state index in [9.17, 15) is 13.2 Å². The molecule has 8 nitrogen and oxygen atoms in total. The van der Waals surface area contributed by atoms with Gasteiger partial charge in [-0.05, 0) is 62.2 Å². The normalized spacial score (nSPS) is 12.0. The number of nitrogens with one attached hydrogen (secondary N) is 1. The number of hydrogen-bond acceptors (Lipinski definition) is 6. The van der Waals surface area contributed by atoms with E-state index in [1.807, 2.05) is 39.0 Å². The Hall–Kier alpha value is -2.94. The lowest BCUT2D eigenvalue weighted by molar-refractivity contribution is -0.128. The summed E-state index contributed by atoms with van der Waals surface area (Å²) in [6.07, 6.45) is 0.934. The van der Waals surface area contributed by atoms with Crippen LogP contribution in [0.15, 0.2) is 42.5 Å². The first-order chi connectivity index (χ1) is 15.2. The van der Waals surface area contributed by atoms with Gasteiger partial charge in [-0.25, -0.2) is 8.42 Å². The van der Waals surface area contributed by atoms with Gasteiger partial charge in [0.15, 0.2) is 17.6 Å². The van der Waals surface area contributed by atoms with Crippen LogP contribution in [0, 0.1) is 0 Å². The molecule has 0 heterocycles. The van der Waals surface area contributed by atoms with Crippen molar-refractivity contribution in [2.45, 2.75) is 39.8 Å². The third-order valence-electron chi connectivity index (χ3n) is 4.71. The van der Waals surface area contributed by atoms with Gasteiger partial charge in [0.25, 0.3) is 5.91 Å². The summed E-state index contributed by atoms with van der Waals surface area (Å²) in [4.78, 5) is 12.7. The number of benzene rings is 2. The monoisotopic (exact) mass is 464 g/mol. The molecule has 9 heteroatoms. The Balaban J connectivity index is 2.00. The van der Waals surface area contributed by atoms with Crippen molar-refractivity contribution in [2.75, 3.05) is 30.8 Å². The molecule has 0 aliphatic heterocycles. The Morgan fingerprint density at radius 1 is 1.00 bits per heavy atom. The quantitative estimate of drug-likeness (QED) is 0.518. The van der Waals surface area contributed by atoms with Crippen LogP contribution in [0.25, 0.3) is 0 Å². The van der Waals surface area contributed by atoms with Crippen LogP contribution in [0.5, 0.6) is 17.2 Å². The van der Waals surface area contributed by atoms with Crippen molar-refractivity contribution in [3.63, 3.8) is 0 Å². The molecule has 32 heavy (non-hydrogen) atoms. The summed E-state index contributed by atoms with van der Waals surface area (Å²) >= 11 is 0. The Morgan fingerprint density at radius 2 is 1.62 bits per heavy atom. The van der Waals surface area contributed by atoms with Crippen LogP contribution in [0.1, 0.15) is 32.8 Å². The van der Waals surface area contributed by atoms with Crippen molar-refractivity contribution < 1.29 is 27.4 Å². The number of anilines is 1. The van der Waals surface area contributed by atoms with Crippen LogP contribution in [0.3, 0.4) is 0 Å². The van der Waals surface area contributed by atoms with E-state index in [0.717, 1.165) is 11.8 Å². The predicted octanol–water partition coefficient (Wildman–Crippen LogP) is 3.35. The smallest absolute Gasteiger partial charge is 0.261 e. The molecule has 0 radical (unpaired) electrons. The lowest BCUT2D eigenvalue weighted by Crippen LogP contribution is -2.37. The number of carbonyl (C=O) groups is 1. The van der Waals surface area contributed by atoms with Crippen molar-refractivity contribution in [3.8, 4) is 17.2 Å². The molecule has 2 aromatic carbocycles. The highest BCUT2D eigenvalue weighted by molar-refractivity contribution is 7.92. The number of rotatable bonds is 12. The summed E-state index contributed by atoms with van der Waals surface area (Å²) in [6.45, 7) is 7.05. The molecule has 0 saturated heterocycles. The van der Waals surface area contributed by atoms with Crippen molar-refractivity contribution in [1.29, 1.82) is 0 Å². The molecule has 0 aliphatic carbocycles. The standard InChI is InChI=1S/C23H32N2O6S/c1-6-20(31-19-12-10-18(11-13-19)25(4)32(5,27)28)23(26)24-16-17-9-14-21(29-7-2)22(15-17)30-8-3/h9-15,20H,6-8,16H2,1-5H3,(H,24,26). The second kappa shape index (κ2) is 11.6. The van der Waals surface area contributed by atoms with Crippen molar-refractivity contribution >= 4 is 21.6 Å². The summed E-state index contributed by atoms with van der Waals surface area (Å²) in [6, 6.07) is 12.1. The third kappa shape index (κ3) is 7.05. The zero-order valence-corrected chi connectivity index (χ0v) is 20.1. The Morgan fingerprint density at radius 3 is 2.19 bits per heavy atom. The lowest BCUT2D eigenvalue weighted by atomic mass is 10.2. The average Bonchev–Trinajstić information content (AvgIpc) is 2.77. The van der Waals surface area contributed by atoms with Gasteiger partial charge in [0.2, 0.25) is 10.0 Å². The number of amides is 1. The molecule has 176 valence electrons. The molecule has 0 spiro atoms. The first-order valence-corrected chi connectivity index (χ1v) is 12.4. The zero-order chi connectivity index (χ0) is 23.7.